The molecule has 2 heterocycles. The molecule has 8 heteroatoms. The predicted octanol–water partition coefficient (Wildman–Crippen LogP) is 5.49. The number of nitrogens with zero attached hydrogens (tertiary/aromatic N) is 1. The molecule has 0 atom stereocenters. The lowest BCUT2D eigenvalue weighted by molar-refractivity contribution is -0.137. The number of anilines is 3. The molecule has 0 unspecified atom stereocenters. The molecule has 2 aliphatic rings. The van der Waals surface area contributed by atoms with Gasteiger partial charge in [-0.3, -0.25) is 4.79 Å². The highest BCUT2D eigenvalue weighted by Crippen LogP contribution is 2.40. The van der Waals surface area contributed by atoms with Crippen molar-refractivity contribution in [2.24, 2.45) is 5.92 Å². The van der Waals surface area contributed by atoms with Crippen molar-refractivity contribution in [3.63, 3.8) is 0 Å². The molecular formula is C22H21F4N3O. The fourth-order valence-electron chi connectivity index (χ4n) is 3.88. The molecule has 0 bridgehead atoms. The summed E-state index contributed by atoms with van der Waals surface area (Å²) in [6.45, 7) is 3.26. The first-order chi connectivity index (χ1) is 14.2. The molecule has 0 radical (unpaired) electrons. The van der Waals surface area contributed by atoms with Crippen molar-refractivity contribution in [1.82, 2.24) is 0 Å². The molecule has 4 rings (SSSR count). The summed E-state index contributed by atoms with van der Waals surface area (Å²) >= 11 is 0. The highest BCUT2D eigenvalue weighted by molar-refractivity contribution is 6.31. The van der Waals surface area contributed by atoms with Crippen molar-refractivity contribution in [3.05, 3.63) is 59.5 Å². The molecule has 1 fully saturated rings. The predicted molar refractivity (Wildman–Crippen MR) is 109 cm³/mol. The normalized spacial score (nSPS) is 18.5. The van der Waals surface area contributed by atoms with E-state index >= 15 is 0 Å². The van der Waals surface area contributed by atoms with Crippen molar-refractivity contribution in [3.8, 4) is 0 Å². The van der Waals surface area contributed by atoms with Gasteiger partial charge in [0.25, 0.3) is 5.91 Å². The van der Waals surface area contributed by atoms with Crippen LogP contribution in [0.4, 0.5) is 34.6 Å². The largest absolute Gasteiger partial charge is 0.418 e. The third-order valence-electron chi connectivity index (χ3n) is 5.59. The van der Waals surface area contributed by atoms with Crippen LogP contribution in [-0.2, 0) is 11.0 Å². The van der Waals surface area contributed by atoms with Crippen LogP contribution >= 0.6 is 0 Å². The fourth-order valence-corrected chi connectivity index (χ4v) is 3.88. The van der Waals surface area contributed by atoms with Crippen LogP contribution in [0.25, 0.3) is 5.57 Å². The van der Waals surface area contributed by atoms with Gasteiger partial charge in [-0.05, 0) is 49.1 Å². The first kappa shape index (κ1) is 20.3. The Bertz CT molecular complexity index is 1010. The Morgan fingerprint density at radius 1 is 1.17 bits per heavy atom. The number of hydrogen-bond donors (Lipinski definition) is 2. The number of hydrogen-bond acceptors (Lipinski definition) is 3. The third kappa shape index (κ3) is 3.86. The molecule has 1 saturated heterocycles. The molecule has 0 spiro atoms. The van der Waals surface area contributed by atoms with Crippen LogP contribution in [0.15, 0.2) is 42.6 Å². The molecule has 4 nitrogen and oxygen atoms in total. The second kappa shape index (κ2) is 7.66. The SMILES string of the molecule is CC1CCN(c2ccc(N/C=C3/C(=O)Nc4cccc(F)c43)cc2C(F)(F)F)CC1. The number of amides is 1. The molecule has 1 amide bonds. The van der Waals surface area contributed by atoms with Crippen LogP contribution < -0.4 is 15.5 Å². The van der Waals surface area contributed by atoms with Gasteiger partial charge in [0, 0.05) is 36.2 Å². The van der Waals surface area contributed by atoms with Crippen molar-refractivity contribution in [2.75, 3.05) is 28.6 Å². The standard InChI is InChI=1S/C22H21F4N3O/c1-13-7-9-29(10-8-13)19-6-5-14(11-16(19)22(24,25)26)27-12-15-20-17(23)3-2-4-18(20)28-21(15)30/h2-6,11-13,27H,7-10H2,1H3,(H,28,30)/b15-12+. The van der Waals surface area contributed by atoms with Gasteiger partial charge in [-0.2, -0.15) is 13.2 Å². The van der Waals surface area contributed by atoms with Crippen LogP contribution in [0.1, 0.15) is 30.9 Å². The van der Waals surface area contributed by atoms with E-state index in [0.717, 1.165) is 18.9 Å². The topological polar surface area (TPSA) is 44.4 Å². The number of halogens is 4. The van der Waals surface area contributed by atoms with Gasteiger partial charge in [0.15, 0.2) is 0 Å². The van der Waals surface area contributed by atoms with E-state index in [9.17, 15) is 22.4 Å². The lowest BCUT2D eigenvalue weighted by Gasteiger charge is -2.34. The number of benzene rings is 2. The summed E-state index contributed by atoms with van der Waals surface area (Å²) < 4.78 is 55.3. The van der Waals surface area contributed by atoms with Gasteiger partial charge in [-0.25, -0.2) is 4.39 Å². The maximum absolute atomic E-state index is 14.1. The van der Waals surface area contributed by atoms with E-state index in [-0.39, 0.29) is 22.5 Å². The first-order valence-electron chi connectivity index (χ1n) is 9.77. The summed E-state index contributed by atoms with van der Waals surface area (Å²) in [7, 11) is 0. The van der Waals surface area contributed by atoms with E-state index in [0.29, 0.717) is 24.7 Å². The zero-order chi connectivity index (χ0) is 21.5. The van der Waals surface area contributed by atoms with E-state index in [2.05, 4.69) is 17.6 Å². The molecule has 0 aliphatic carbocycles. The Morgan fingerprint density at radius 2 is 1.90 bits per heavy atom. The zero-order valence-electron chi connectivity index (χ0n) is 16.3. The maximum Gasteiger partial charge on any atom is 0.418 e. The van der Waals surface area contributed by atoms with E-state index in [4.69, 9.17) is 0 Å². The minimum absolute atomic E-state index is 0.0331. The molecule has 0 saturated carbocycles. The van der Waals surface area contributed by atoms with Crippen LogP contribution in [0.2, 0.25) is 0 Å². The summed E-state index contributed by atoms with van der Waals surface area (Å²) in [5.41, 5.74) is 0.0570. The number of carbonyl (C=O) groups excluding carboxylic acids is 1. The third-order valence-corrected chi connectivity index (χ3v) is 5.59. The minimum atomic E-state index is -4.52. The molecule has 158 valence electrons. The average Bonchev–Trinajstić information content (AvgIpc) is 3.02. The molecule has 0 aromatic heterocycles. The van der Waals surface area contributed by atoms with Crippen molar-refractivity contribution >= 4 is 28.5 Å². The summed E-state index contributed by atoms with van der Waals surface area (Å²) in [6.07, 6.45) is -1.58. The summed E-state index contributed by atoms with van der Waals surface area (Å²) in [4.78, 5) is 13.9. The number of piperidine rings is 1. The van der Waals surface area contributed by atoms with Gasteiger partial charge in [-0.15, -0.1) is 0 Å². The second-order valence-electron chi connectivity index (χ2n) is 7.72. The zero-order valence-corrected chi connectivity index (χ0v) is 16.3. The molecule has 2 aliphatic heterocycles. The summed E-state index contributed by atoms with van der Waals surface area (Å²) in [5, 5.41) is 5.27. The number of nitrogens with one attached hydrogen (secondary N) is 2. The van der Waals surface area contributed by atoms with Crippen LogP contribution in [0.5, 0.6) is 0 Å². The Hall–Kier alpha value is -3.03. The van der Waals surface area contributed by atoms with Crippen LogP contribution in [0, 0.1) is 11.7 Å². The molecule has 2 N–H and O–H groups in total. The Balaban J connectivity index is 1.63. The minimum Gasteiger partial charge on any atom is -0.371 e. The number of fused-ring (bicyclic) bond motifs is 1. The van der Waals surface area contributed by atoms with Gasteiger partial charge in [0.2, 0.25) is 0 Å². The lowest BCUT2D eigenvalue weighted by atomic mass is 9.98. The smallest absolute Gasteiger partial charge is 0.371 e. The Kier molecular flexibility index (Phi) is 5.17. The van der Waals surface area contributed by atoms with E-state index < -0.39 is 23.5 Å². The first-order valence-corrected chi connectivity index (χ1v) is 9.77. The van der Waals surface area contributed by atoms with Gasteiger partial charge < -0.3 is 15.5 Å². The van der Waals surface area contributed by atoms with Gasteiger partial charge >= 0.3 is 6.18 Å². The highest BCUT2D eigenvalue weighted by atomic mass is 19.4. The van der Waals surface area contributed by atoms with Gasteiger partial charge in [0.05, 0.1) is 16.8 Å². The Labute approximate surface area is 171 Å². The molecule has 2 aromatic rings. The maximum atomic E-state index is 14.1. The summed E-state index contributed by atoms with van der Waals surface area (Å²) in [5.74, 6) is -0.591. The van der Waals surface area contributed by atoms with E-state index in [1.165, 1.54) is 30.5 Å². The quantitative estimate of drug-likeness (QED) is 0.511. The van der Waals surface area contributed by atoms with Gasteiger partial charge in [-0.1, -0.05) is 13.0 Å². The van der Waals surface area contributed by atoms with Crippen molar-refractivity contribution < 1.29 is 22.4 Å². The van der Waals surface area contributed by atoms with Crippen molar-refractivity contribution in [2.45, 2.75) is 25.9 Å². The van der Waals surface area contributed by atoms with Crippen LogP contribution in [-0.4, -0.2) is 19.0 Å². The fraction of sp³-hybridized carbons (Fsp3) is 0.318. The van der Waals surface area contributed by atoms with E-state index in [1.807, 2.05) is 0 Å². The van der Waals surface area contributed by atoms with E-state index in [1.54, 1.807) is 11.0 Å². The average molecular weight is 419 g/mol. The molecule has 30 heavy (non-hydrogen) atoms. The Morgan fingerprint density at radius 3 is 2.60 bits per heavy atom. The van der Waals surface area contributed by atoms with Gasteiger partial charge in [0.1, 0.15) is 5.82 Å². The van der Waals surface area contributed by atoms with Crippen LogP contribution in [0.3, 0.4) is 0 Å². The van der Waals surface area contributed by atoms with Crippen molar-refractivity contribution in [1.29, 1.82) is 0 Å². The lowest BCUT2D eigenvalue weighted by Crippen LogP contribution is -2.34. The second-order valence-corrected chi connectivity index (χ2v) is 7.72. The number of carbonyl (C=O) groups is 1. The monoisotopic (exact) mass is 419 g/mol. The number of alkyl halides is 3. The number of rotatable bonds is 3. The summed E-state index contributed by atoms with van der Waals surface area (Å²) in [6, 6.07) is 8.27. The molecule has 2 aromatic carbocycles. The molecular weight excluding hydrogens is 398 g/mol. The highest BCUT2D eigenvalue weighted by Gasteiger charge is 2.36.